The highest BCUT2D eigenvalue weighted by atomic mass is 16.5. The molecule has 0 N–H and O–H groups in total. The fraction of sp³-hybridized carbons (Fsp3) is 0.667. The Labute approximate surface area is 129 Å². The molecular weight excluding hydrogens is 282 g/mol. The van der Waals surface area contributed by atoms with Crippen LogP contribution in [0, 0.1) is 6.92 Å². The zero-order valence-electron chi connectivity index (χ0n) is 13.0. The topological polar surface area (TPSA) is 69.2 Å². The van der Waals surface area contributed by atoms with Crippen LogP contribution in [0.15, 0.2) is 16.9 Å². The largest absolute Gasteiger partial charge is 0.377 e. The Morgan fingerprint density at radius 1 is 1.41 bits per heavy atom. The van der Waals surface area contributed by atoms with Crippen molar-refractivity contribution in [2.24, 2.45) is 7.05 Å². The molecule has 0 bridgehead atoms. The van der Waals surface area contributed by atoms with Crippen molar-refractivity contribution in [3.8, 4) is 0 Å². The van der Waals surface area contributed by atoms with Crippen molar-refractivity contribution in [3.63, 3.8) is 0 Å². The van der Waals surface area contributed by atoms with E-state index in [0.717, 1.165) is 38.4 Å². The smallest absolute Gasteiger partial charge is 0.231 e. The number of nitrogens with zero attached hydrogens (tertiary/aromatic N) is 5. The van der Waals surface area contributed by atoms with Gasteiger partial charge in [-0.05, 0) is 19.8 Å². The fourth-order valence-corrected chi connectivity index (χ4v) is 3.68. The van der Waals surface area contributed by atoms with Gasteiger partial charge in [-0.25, -0.2) is 0 Å². The minimum atomic E-state index is 0.247. The van der Waals surface area contributed by atoms with Crippen molar-refractivity contribution in [3.05, 3.63) is 29.7 Å². The summed E-state index contributed by atoms with van der Waals surface area (Å²) in [6.07, 6.45) is 6.34. The molecule has 4 heterocycles. The minimum Gasteiger partial charge on any atom is -0.377 e. The van der Waals surface area contributed by atoms with E-state index in [-0.39, 0.29) is 12.0 Å². The van der Waals surface area contributed by atoms with Gasteiger partial charge < -0.3 is 9.26 Å². The summed E-state index contributed by atoms with van der Waals surface area (Å²) >= 11 is 0. The van der Waals surface area contributed by atoms with E-state index >= 15 is 0 Å². The molecule has 118 valence electrons. The molecule has 2 aromatic heterocycles. The number of hydrogen-bond acceptors (Lipinski definition) is 6. The van der Waals surface area contributed by atoms with Crippen molar-refractivity contribution in [2.45, 2.75) is 44.4 Å². The normalized spacial score (nSPS) is 28.9. The predicted octanol–water partition coefficient (Wildman–Crippen LogP) is 1.26. The average Bonchev–Trinajstić information content (AvgIpc) is 3.20. The van der Waals surface area contributed by atoms with Gasteiger partial charge in [0.1, 0.15) is 0 Å². The van der Waals surface area contributed by atoms with Crippen LogP contribution < -0.4 is 0 Å². The Balaban J connectivity index is 1.55. The van der Waals surface area contributed by atoms with Gasteiger partial charge in [-0.3, -0.25) is 9.58 Å². The second-order valence-corrected chi connectivity index (χ2v) is 6.33. The molecule has 2 aliphatic heterocycles. The van der Waals surface area contributed by atoms with Crippen LogP contribution in [0.5, 0.6) is 0 Å². The summed E-state index contributed by atoms with van der Waals surface area (Å²) in [5.41, 5.74) is 1.23. The van der Waals surface area contributed by atoms with E-state index in [9.17, 15) is 0 Å². The molecule has 0 unspecified atom stereocenters. The van der Waals surface area contributed by atoms with Crippen molar-refractivity contribution >= 4 is 0 Å². The van der Waals surface area contributed by atoms with Crippen molar-refractivity contribution in [2.75, 3.05) is 13.2 Å². The minimum absolute atomic E-state index is 0.247. The quantitative estimate of drug-likeness (QED) is 0.850. The highest BCUT2D eigenvalue weighted by molar-refractivity contribution is 5.08. The maximum Gasteiger partial charge on any atom is 0.231 e. The summed E-state index contributed by atoms with van der Waals surface area (Å²) in [5, 5.41) is 8.20. The first kappa shape index (κ1) is 13.9. The summed E-state index contributed by atoms with van der Waals surface area (Å²) in [6.45, 7) is 4.52. The van der Waals surface area contributed by atoms with Gasteiger partial charge in [0.25, 0.3) is 0 Å². The summed E-state index contributed by atoms with van der Waals surface area (Å²) < 4.78 is 13.2. The maximum atomic E-state index is 5.94. The molecule has 0 spiro atoms. The summed E-state index contributed by atoms with van der Waals surface area (Å²) in [6, 6.07) is 0.487. The Kier molecular flexibility index (Phi) is 3.46. The fourth-order valence-electron chi connectivity index (χ4n) is 3.68. The van der Waals surface area contributed by atoms with Gasteiger partial charge in [0.05, 0.1) is 18.2 Å². The molecule has 0 aromatic carbocycles. The first-order valence-corrected chi connectivity index (χ1v) is 7.82. The lowest BCUT2D eigenvalue weighted by Crippen LogP contribution is -2.48. The molecule has 3 atom stereocenters. The van der Waals surface area contributed by atoms with Crippen LogP contribution in [-0.4, -0.2) is 50.1 Å². The van der Waals surface area contributed by atoms with E-state index in [1.807, 2.05) is 24.9 Å². The standard InChI is InChI=1S/C15H21N5O2/c1-10-17-15(22-18-10)12-5-14-13(3-4-21-14)20(9-12)8-11-6-16-19(2)7-11/h6-7,12-14H,3-5,8-9H2,1-2H3/t12-,13-,14-/m1/s1. The van der Waals surface area contributed by atoms with Crippen LogP contribution in [0.1, 0.15) is 36.0 Å². The van der Waals surface area contributed by atoms with Gasteiger partial charge >= 0.3 is 0 Å². The third-order valence-electron chi connectivity index (χ3n) is 4.65. The molecule has 2 fully saturated rings. The lowest BCUT2D eigenvalue weighted by atomic mass is 9.89. The number of ether oxygens (including phenoxy) is 1. The predicted molar refractivity (Wildman–Crippen MR) is 78.2 cm³/mol. The third kappa shape index (κ3) is 2.55. The molecule has 2 aromatic rings. The SMILES string of the molecule is Cc1noc([C@@H]2C[C@H]3OCC[C@H]3N(Cc3cnn(C)c3)C2)n1. The first-order valence-electron chi connectivity index (χ1n) is 7.82. The van der Waals surface area contributed by atoms with Gasteiger partial charge in [0.2, 0.25) is 5.89 Å². The van der Waals surface area contributed by atoms with E-state index in [2.05, 4.69) is 26.3 Å². The van der Waals surface area contributed by atoms with Gasteiger partial charge in [-0.1, -0.05) is 5.16 Å². The Morgan fingerprint density at radius 3 is 3.05 bits per heavy atom. The van der Waals surface area contributed by atoms with Gasteiger partial charge in [-0.2, -0.15) is 10.1 Å². The number of rotatable bonds is 3. The first-order chi connectivity index (χ1) is 10.7. The van der Waals surface area contributed by atoms with E-state index in [0.29, 0.717) is 11.9 Å². The van der Waals surface area contributed by atoms with Gasteiger partial charge in [-0.15, -0.1) is 0 Å². The summed E-state index contributed by atoms with van der Waals surface area (Å²) in [7, 11) is 1.95. The van der Waals surface area contributed by atoms with Crippen LogP contribution in [0.3, 0.4) is 0 Å². The van der Waals surface area contributed by atoms with E-state index < -0.39 is 0 Å². The monoisotopic (exact) mass is 303 g/mol. The van der Waals surface area contributed by atoms with Crippen LogP contribution >= 0.6 is 0 Å². The molecule has 7 nitrogen and oxygen atoms in total. The molecule has 4 rings (SSSR count). The second kappa shape index (κ2) is 5.48. The van der Waals surface area contributed by atoms with Gasteiger partial charge in [0, 0.05) is 44.5 Å². The van der Waals surface area contributed by atoms with E-state index in [4.69, 9.17) is 9.26 Å². The second-order valence-electron chi connectivity index (χ2n) is 6.33. The average molecular weight is 303 g/mol. The molecule has 2 aliphatic rings. The van der Waals surface area contributed by atoms with Crippen LogP contribution in [0.25, 0.3) is 0 Å². The molecular formula is C15H21N5O2. The number of aromatic nitrogens is 4. The molecule has 7 heteroatoms. The highest BCUT2D eigenvalue weighted by Gasteiger charge is 2.42. The van der Waals surface area contributed by atoms with Crippen LogP contribution in [0.2, 0.25) is 0 Å². The Hall–Kier alpha value is -1.73. The third-order valence-corrected chi connectivity index (χ3v) is 4.65. The van der Waals surface area contributed by atoms with Crippen LogP contribution in [0.4, 0.5) is 0 Å². The molecule has 0 amide bonds. The van der Waals surface area contributed by atoms with Crippen molar-refractivity contribution in [1.29, 1.82) is 0 Å². The molecule has 22 heavy (non-hydrogen) atoms. The number of aryl methyl sites for hydroxylation is 2. The Bertz CT molecular complexity index is 652. The van der Waals surface area contributed by atoms with Crippen LogP contribution in [-0.2, 0) is 18.3 Å². The summed E-state index contributed by atoms with van der Waals surface area (Å²) in [4.78, 5) is 6.91. The number of piperidine rings is 1. The zero-order chi connectivity index (χ0) is 15.1. The number of fused-ring (bicyclic) bond motifs is 1. The molecule has 0 saturated carbocycles. The summed E-state index contributed by atoms with van der Waals surface area (Å²) in [5.74, 6) is 1.68. The van der Waals surface area contributed by atoms with Crippen molar-refractivity contribution in [1.82, 2.24) is 24.8 Å². The number of hydrogen-bond donors (Lipinski definition) is 0. The lowest BCUT2D eigenvalue weighted by molar-refractivity contribution is 0.00846. The lowest BCUT2D eigenvalue weighted by Gasteiger charge is -2.39. The zero-order valence-corrected chi connectivity index (χ0v) is 13.0. The van der Waals surface area contributed by atoms with Gasteiger partial charge in [0.15, 0.2) is 5.82 Å². The molecule has 2 saturated heterocycles. The Morgan fingerprint density at radius 2 is 2.32 bits per heavy atom. The number of likely N-dealkylation sites (tertiary alicyclic amines) is 1. The highest BCUT2D eigenvalue weighted by Crippen LogP contribution is 2.36. The van der Waals surface area contributed by atoms with Crippen molar-refractivity contribution < 1.29 is 9.26 Å². The maximum absolute atomic E-state index is 5.94. The van der Waals surface area contributed by atoms with E-state index in [1.54, 1.807) is 0 Å². The molecule has 0 radical (unpaired) electrons. The van der Waals surface area contributed by atoms with E-state index in [1.165, 1.54) is 5.56 Å². The molecule has 0 aliphatic carbocycles.